The fraction of sp³-hybridized carbons (Fsp3) is 0.417. The molecule has 0 unspecified atom stereocenters. The summed E-state index contributed by atoms with van der Waals surface area (Å²) >= 11 is 0. The molecule has 0 aromatic heterocycles. The Hall–Kier alpha value is -1.42. The summed E-state index contributed by atoms with van der Waals surface area (Å²) in [5, 5.41) is 9.12. The lowest BCUT2D eigenvalue weighted by atomic mass is 10.1. The number of benzene rings is 1. The molecule has 1 aromatic carbocycles. The predicted octanol–water partition coefficient (Wildman–Crippen LogP) is 1.42. The standard InChI is InChI=1S/C12H14FNO2/c13-10-4-1-3-9(7-10)12(16)14-6-2-5-11(14)8-15/h1,3-4,7,11,15H,2,5-6,8H2/t11-/m1/s1. The van der Waals surface area contributed by atoms with Crippen LogP contribution in [-0.2, 0) is 0 Å². The van der Waals surface area contributed by atoms with Crippen LogP contribution in [0.2, 0.25) is 0 Å². The molecule has 1 atom stereocenters. The molecule has 1 aromatic rings. The van der Waals surface area contributed by atoms with Gasteiger partial charge in [0.05, 0.1) is 12.6 Å². The molecule has 3 nitrogen and oxygen atoms in total. The number of nitrogens with zero attached hydrogens (tertiary/aromatic N) is 1. The Balaban J connectivity index is 2.18. The molecule has 86 valence electrons. The van der Waals surface area contributed by atoms with Crippen LogP contribution in [0, 0.1) is 5.82 Å². The van der Waals surface area contributed by atoms with E-state index < -0.39 is 5.82 Å². The van der Waals surface area contributed by atoms with Crippen molar-refractivity contribution in [1.82, 2.24) is 4.90 Å². The Morgan fingerprint density at radius 1 is 1.56 bits per heavy atom. The monoisotopic (exact) mass is 223 g/mol. The molecule has 16 heavy (non-hydrogen) atoms. The highest BCUT2D eigenvalue weighted by molar-refractivity contribution is 5.94. The van der Waals surface area contributed by atoms with E-state index in [2.05, 4.69) is 0 Å². The van der Waals surface area contributed by atoms with E-state index in [9.17, 15) is 9.18 Å². The highest BCUT2D eigenvalue weighted by Gasteiger charge is 2.28. The van der Waals surface area contributed by atoms with Crippen LogP contribution in [0.15, 0.2) is 24.3 Å². The first-order valence-corrected chi connectivity index (χ1v) is 5.40. The van der Waals surface area contributed by atoms with Crippen molar-refractivity contribution in [3.63, 3.8) is 0 Å². The van der Waals surface area contributed by atoms with Gasteiger partial charge >= 0.3 is 0 Å². The van der Waals surface area contributed by atoms with E-state index in [1.165, 1.54) is 18.2 Å². The quantitative estimate of drug-likeness (QED) is 0.823. The molecule has 1 heterocycles. The average molecular weight is 223 g/mol. The van der Waals surface area contributed by atoms with Gasteiger partial charge in [-0.15, -0.1) is 0 Å². The van der Waals surface area contributed by atoms with Gasteiger partial charge in [0.2, 0.25) is 0 Å². The van der Waals surface area contributed by atoms with Gasteiger partial charge in [0.1, 0.15) is 5.82 Å². The van der Waals surface area contributed by atoms with E-state index in [0.717, 1.165) is 12.8 Å². The lowest BCUT2D eigenvalue weighted by molar-refractivity contribution is 0.0677. The number of aliphatic hydroxyl groups excluding tert-OH is 1. The number of hydrogen-bond donors (Lipinski definition) is 1. The van der Waals surface area contributed by atoms with E-state index >= 15 is 0 Å². The van der Waals surface area contributed by atoms with Crippen molar-refractivity contribution >= 4 is 5.91 Å². The van der Waals surface area contributed by atoms with Gasteiger partial charge in [-0.05, 0) is 31.0 Å². The lowest BCUT2D eigenvalue weighted by Gasteiger charge is -2.22. The van der Waals surface area contributed by atoms with Crippen molar-refractivity contribution in [2.24, 2.45) is 0 Å². The molecule has 0 saturated carbocycles. The maximum Gasteiger partial charge on any atom is 0.254 e. The average Bonchev–Trinajstić information content (AvgIpc) is 2.76. The van der Waals surface area contributed by atoms with E-state index in [0.29, 0.717) is 12.1 Å². The Labute approximate surface area is 93.5 Å². The second kappa shape index (κ2) is 4.61. The van der Waals surface area contributed by atoms with Gasteiger partial charge in [-0.2, -0.15) is 0 Å². The van der Waals surface area contributed by atoms with Crippen LogP contribution in [0.3, 0.4) is 0 Å². The smallest absolute Gasteiger partial charge is 0.254 e. The van der Waals surface area contributed by atoms with Crippen LogP contribution in [-0.4, -0.2) is 35.1 Å². The van der Waals surface area contributed by atoms with E-state index in [4.69, 9.17) is 5.11 Å². The van der Waals surface area contributed by atoms with Crippen molar-refractivity contribution in [2.45, 2.75) is 18.9 Å². The molecule has 2 rings (SSSR count). The summed E-state index contributed by atoms with van der Waals surface area (Å²) in [5.74, 6) is -0.610. The van der Waals surface area contributed by atoms with E-state index in [-0.39, 0.29) is 18.6 Å². The fourth-order valence-corrected chi connectivity index (χ4v) is 2.08. The number of hydrogen-bond acceptors (Lipinski definition) is 2. The highest BCUT2D eigenvalue weighted by Crippen LogP contribution is 2.19. The predicted molar refractivity (Wildman–Crippen MR) is 57.5 cm³/mol. The molecule has 1 saturated heterocycles. The van der Waals surface area contributed by atoms with E-state index in [1.54, 1.807) is 11.0 Å². The van der Waals surface area contributed by atoms with Crippen molar-refractivity contribution in [2.75, 3.05) is 13.2 Å². The zero-order chi connectivity index (χ0) is 11.5. The number of aliphatic hydroxyl groups is 1. The molecular formula is C12H14FNO2. The van der Waals surface area contributed by atoms with Crippen LogP contribution >= 0.6 is 0 Å². The summed E-state index contributed by atoms with van der Waals surface area (Å²) in [7, 11) is 0. The summed E-state index contributed by atoms with van der Waals surface area (Å²) in [4.78, 5) is 13.6. The van der Waals surface area contributed by atoms with Crippen LogP contribution < -0.4 is 0 Å². The molecular weight excluding hydrogens is 209 g/mol. The number of carbonyl (C=O) groups is 1. The topological polar surface area (TPSA) is 40.5 Å². The second-order valence-corrected chi connectivity index (χ2v) is 3.99. The minimum Gasteiger partial charge on any atom is -0.394 e. The zero-order valence-corrected chi connectivity index (χ0v) is 8.90. The van der Waals surface area contributed by atoms with Gasteiger partial charge in [-0.1, -0.05) is 6.07 Å². The van der Waals surface area contributed by atoms with Gasteiger partial charge in [0, 0.05) is 12.1 Å². The minimum absolute atomic E-state index is 0.0267. The second-order valence-electron chi connectivity index (χ2n) is 3.99. The van der Waals surface area contributed by atoms with Crippen LogP contribution in [0.25, 0.3) is 0 Å². The first-order valence-electron chi connectivity index (χ1n) is 5.40. The summed E-state index contributed by atoms with van der Waals surface area (Å²) in [6, 6.07) is 5.54. The summed E-state index contributed by atoms with van der Waals surface area (Å²) in [6.07, 6.45) is 1.71. The number of halogens is 1. The van der Waals surface area contributed by atoms with Gasteiger partial charge in [0.15, 0.2) is 0 Å². The van der Waals surface area contributed by atoms with Gasteiger partial charge in [0.25, 0.3) is 5.91 Å². The molecule has 4 heteroatoms. The number of likely N-dealkylation sites (tertiary alicyclic amines) is 1. The zero-order valence-electron chi connectivity index (χ0n) is 8.90. The Morgan fingerprint density at radius 2 is 2.38 bits per heavy atom. The van der Waals surface area contributed by atoms with Crippen LogP contribution in [0.4, 0.5) is 4.39 Å². The van der Waals surface area contributed by atoms with Crippen molar-refractivity contribution in [3.05, 3.63) is 35.6 Å². The molecule has 0 aliphatic carbocycles. The van der Waals surface area contributed by atoms with Crippen molar-refractivity contribution in [3.8, 4) is 0 Å². The summed E-state index contributed by atoms with van der Waals surface area (Å²) in [6.45, 7) is 0.613. The molecule has 1 aliphatic rings. The normalized spacial score (nSPS) is 20.1. The first-order chi connectivity index (χ1) is 7.72. The van der Waals surface area contributed by atoms with Crippen LogP contribution in [0.5, 0.6) is 0 Å². The van der Waals surface area contributed by atoms with Crippen molar-refractivity contribution in [1.29, 1.82) is 0 Å². The first kappa shape index (κ1) is 11.1. The molecule has 1 amide bonds. The van der Waals surface area contributed by atoms with Crippen molar-refractivity contribution < 1.29 is 14.3 Å². The third-order valence-corrected chi connectivity index (χ3v) is 2.92. The van der Waals surface area contributed by atoms with Crippen LogP contribution in [0.1, 0.15) is 23.2 Å². The minimum atomic E-state index is -0.411. The molecule has 1 fully saturated rings. The summed E-state index contributed by atoms with van der Waals surface area (Å²) < 4.78 is 13.0. The van der Waals surface area contributed by atoms with Gasteiger partial charge in [-0.3, -0.25) is 4.79 Å². The van der Waals surface area contributed by atoms with Gasteiger partial charge in [-0.25, -0.2) is 4.39 Å². The van der Waals surface area contributed by atoms with Gasteiger partial charge < -0.3 is 10.0 Å². The number of rotatable bonds is 2. The number of carbonyl (C=O) groups excluding carboxylic acids is 1. The SMILES string of the molecule is O=C(c1cccc(F)c1)N1CCC[C@@H]1CO. The Kier molecular flexibility index (Phi) is 3.19. The third kappa shape index (κ3) is 2.07. The third-order valence-electron chi connectivity index (χ3n) is 2.92. The fourth-order valence-electron chi connectivity index (χ4n) is 2.08. The maximum absolute atomic E-state index is 13.0. The largest absolute Gasteiger partial charge is 0.394 e. The lowest BCUT2D eigenvalue weighted by Crippen LogP contribution is -2.37. The highest BCUT2D eigenvalue weighted by atomic mass is 19.1. The summed E-state index contributed by atoms with van der Waals surface area (Å²) in [5.41, 5.74) is 0.348. The maximum atomic E-state index is 13.0. The Morgan fingerprint density at radius 3 is 3.06 bits per heavy atom. The molecule has 1 aliphatic heterocycles. The van der Waals surface area contributed by atoms with E-state index in [1.807, 2.05) is 0 Å². The Bertz CT molecular complexity index is 394. The molecule has 1 N–H and O–H groups in total. The molecule has 0 bridgehead atoms. The number of amides is 1. The molecule has 0 radical (unpaired) electrons. The molecule has 0 spiro atoms.